The fourth-order valence-corrected chi connectivity index (χ4v) is 2.62. The van der Waals surface area contributed by atoms with Crippen molar-refractivity contribution in [1.29, 1.82) is 0 Å². The second kappa shape index (κ2) is 4.96. The quantitative estimate of drug-likeness (QED) is 0.882. The van der Waals surface area contributed by atoms with E-state index in [2.05, 4.69) is 4.98 Å². The van der Waals surface area contributed by atoms with E-state index in [4.69, 9.17) is 21.5 Å². The van der Waals surface area contributed by atoms with Gasteiger partial charge in [-0.2, -0.15) is 0 Å². The fourth-order valence-electron chi connectivity index (χ4n) is 1.74. The van der Waals surface area contributed by atoms with Crippen LogP contribution in [0.5, 0.6) is 5.75 Å². The van der Waals surface area contributed by atoms with Crippen LogP contribution in [0.15, 0.2) is 29.2 Å². The number of pyridine rings is 1. The van der Waals surface area contributed by atoms with Crippen molar-refractivity contribution in [3.05, 3.63) is 29.4 Å². The van der Waals surface area contributed by atoms with Gasteiger partial charge in [0.15, 0.2) is 0 Å². The number of hydrogen-bond acceptors (Lipinski definition) is 4. The molecule has 0 saturated heterocycles. The first kappa shape index (κ1) is 14.0. The normalized spacial score (nSPS) is 12.1. The maximum Gasteiger partial charge on any atom is 0.238 e. The molecule has 0 atom stereocenters. The Balaban J connectivity index is 2.79. The highest BCUT2D eigenvalue weighted by Crippen LogP contribution is 2.30. The van der Waals surface area contributed by atoms with E-state index in [0.717, 1.165) is 0 Å². The maximum absolute atomic E-state index is 11.5. The average Bonchev–Trinajstić information content (AvgIpc) is 2.27. The van der Waals surface area contributed by atoms with Crippen molar-refractivity contribution in [1.82, 2.24) is 4.98 Å². The van der Waals surface area contributed by atoms with Crippen LogP contribution in [0.2, 0.25) is 5.15 Å². The lowest BCUT2D eigenvalue weighted by Crippen LogP contribution is -2.13. The van der Waals surface area contributed by atoms with Gasteiger partial charge < -0.3 is 4.74 Å². The molecule has 0 fully saturated rings. The van der Waals surface area contributed by atoms with Crippen molar-refractivity contribution in [3.8, 4) is 5.75 Å². The third-order valence-corrected chi connectivity index (χ3v) is 3.59. The van der Waals surface area contributed by atoms with Crippen molar-refractivity contribution >= 4 is 32.5 Å². The Kier molecular flexibility index (Phi) is 3.66. The molecule has 0 unspecified atom stereocenters. The number of benzene rings is 1. The third kappa shape index (κ3) is 2.97. The van der Waals surface area contributed by atoms with Gasteiger partial charge >= 0.3 is 0 Å². The topological polar surface area (TPSA) is 82.3 Å². The van der Waals surface area contributed by atoms with Gasteiger partial charge in [-0.05, 0) is 38.1 Å². The molecule has 0 aliphatic rings. The fraction of sp³-hybridized carbons (Fsp3) is 0.250. The summed E-state index contributed by atoms with van der Waals surface area (Å²) in [6.45, 7) is 3.73. The molecule has 2 rings (SSSR count). The van der Waals surface area contributed by atoms with E-state index < -0.39 is 10.0 Å². The van der Waals surface area contributed by atoms with Gasteiger partial charge in [0.2, 0.25) is 10.0 Å². The van der Waals surface area contributed by atoms with Gasteiger partial charge in [0, 0.05) is 5.39 Å². The number of hydrogen-bond donors (Lipinski definition) is 1. The summed E-state index contributed by atoms with van der Waals surface area (Å²) < 4.78 is 28.7. The van der Waals surface area contributed by atoms with Crippen molar-refractivity contribution in [2.45, 2.75) is 24.8 Å². The first-order valence-corrected chi connectivity index (χ1v) is 7.50. The molecule has 7 heteroatoms. The number of aromatic nitrogens is 1. The van der Waals surface area contributed by atoms with Gasteiger partial charge in [-0.15, -0.1) is 0 Å². The molecule has 1 heterocycles. The molecule has 2 aromatic rings. The molecule has 19 heavy (non-hydrogen) atoms. The molecule has 0 saturated carbocycles. The van der Waals surface area contributed by atoms with Crippen LogP contribution >= 0.6 is 11.6 Å². The second-order valence-electron chi connectivity index (χ2n) is 4.30. The highest BCUT2D eigenvalue weighted by atomic mass is 35.5. The molecular weight excluding hydrogens is 288 g/mol. The zero-order valence-corrected chi connectivity index (χ0v) is 12.0. The smallest absolute Gasteiger partial charge is 0.238 e. The molecule has 0 radical (unpaired) electrons. The van der Waals surface area contributed by atoms with Crippen molar-refractivity contribution < 1.29 is 13.2 Å². The number of ether oxygens (including phenoxy) is 1. The molecule has 0 aliphatic heterocycles. The molecule has 1 aromatic heterocycles. The summed E-state index contributed by atoms with van der Waals surface area (Å²) in [5.74, 6) is 0.472. The van der Waals surface area contributed by atoms with E-state index in [9.17, 15) is 8.42 Å². The Morgan fingerprint density at radius 1 is 1.26 bits per heavy atom. The van der Waals surface area contributed by atoms with E-state index in [0.29, 0.717) is 16.7 Å². The van der Waals surface area contributed by atoms with Gasteiger partial charge in [0.1, 0.15) is 16.4 Å². The Hall–Kier alpha value is -1.37. The maximum atomic E-state index is 11.5. The minimum atomic E-state index is -3.83. The van der Waals surface area contributed by atoms with Crippen LogP contribution < -0.4 is 9.88 Å². The summed E-state index contributed by atoms with van der Waals surface area (Å²) in [7, 11) is -3.83. The molecule has 1 aromatic carbocycles. The van der Waals surface area contributed by atoms with Gasteiger partial charge in [-0.1, -0.05) is 11.6 Å². The Morgan fingerprint density at radius 3 is 2.53 bits per heavy atom. The van der Waals surface area contributed by atoms with Crippen LogP contribution in [0, 0.1) is 0 Å². The molecule has 0 amide bonds. The summed E-state index contributed by atoms with van der Waals surface area (Å²) in [6, 6.07) is 6.02. The van der Waals surface area contributed by atoms with Gasteiger partial charge in [0.25, 0.3) is 0 Å². The number of nitrogens with two attached hydrogens (primary N) is 1. The minimum absolute atomic E-state index is 0.00257. The third-order valence-electron chi connectivity index (χ3n) is 2.42. The van der Waals surface area contributed by atoms with Crippen LogP contribution in [0.1, 0.15) is 13.8 Å². The molecule has 0 aliphatic carbocycles. The molecule has 2 N–H and O–H groups in total. The summed E-state index contributed by atoms with van der Waals surface area (Å²) in [5, 5.41) is 5.83. The van der Waals surface area contributed by atoms with Crippen LogP contribution in [0.25, 0.3) is 10.9 Å². The average molecular weight is 301 g/mol. The molecule has 5 nitrogen and oxygen atoms in total. The van der Waals surface area contributed by atoms with E-state index in [1.165, 1.54) is 18.2 Å². The number of fused-ring (bicyclic) bond motifs is 1. The zero-order chi connectivity index (χ0) is 14.2. The number of rotatable bonds is 3. The van der Waals surface area contributed by atoms with Crippen molar-refractivity contribution in [2.75, 3.05) is 0 Å². The van der Waals surface area contributed by atoms with Gasteiger partial charge in [-0.25, -0.2) is 18.5 Å². The van der Waals surface area contributed by atoms with Crippen LogP contribution in [0.3, 0.4) is 0 Å². The first-order valence-electron chi connectivity index (χ1n) is 5.58. The highest BCUT2D eigenvalue weighted by molar-refractivity contribution is 7.89. The van der Waals surface area contributed by atoms with E-state index in [1.807, 2.05) is 13.8 Å². The Labute approximate surface area is 116 Å². The lowest BCUT2D eigenvalue weighted by molar-refractivity contribution is 0.245. The second-order valence-corrected chi connectivity index (χ2v) is 6.22. The van der Waals surface area contributed by atoms with Crippen LogP contribution in [0.4, 0.5) is 0 Å². The predicted molar refractivity (Wildman–Crippen MR) is 73.9 cm³/mol. The van der Waals surface area contributed by atoms with E-state index in [-0.39, 0.29) is 16.2 Å². The Bertz CT molecular complexity index is 729. The zero-order valence-electron chi connectivity index (χ0n) is 10.4. The number of sulfonamides is 1. The SMILES string of the molecule is CC(C)Oc1ccc(S(N)(=O)=O)c2ccc(Cl)nc12. The standard InChI is InChI=1S/C12H13ClN2O3S/c1-7(2)18-9-4-5-10(19(14,16)17)8-3-6-11(13)15-12(8)9/h3-7H,1-2H3,(H2,14,16,17). The number of primary sulfonamides is 1. The molecule has 0 spiro atoms. The summed E-state index contributed by atoms with van der Waals surface area (Å²) in [4.78, 5) is 4.13. The van der Waals surface area contributed by atoms with Gasteiger partial charge in [0.05, 0.1) is 11.0 Å². The predicted octanol–water partition coefficient (Wildman–Crippen LogP) is 2.32. The van der Waals surface area contributed by atoms with E-state index >= 15 is 0 Å². The Morgan fingerprint density at radius 2 is 1.95 bits per heavy atom. The van der Waals surface area contributed by atoms with Crippen LogP contribution in [-0.2, 0) is 10.0 Å². The largest absolute Gasteiger partial charge is 0.489 e. The highest BCUT2D eigenvalue weighted by Gasteiger charge is 2.17. The van der Waals surface area contributed by atoms with Crippen molar-refractivity contribution in [2.24, 2.45) is 5.14 Å². The van der Waals surface area contributed by atoms with Crippen molar-refractivity contribution in [3.63, 3.8) is 0 Å². The van der Waals surface area contributed by atoms with Crippen LogP contribution in [-0.4, -0.2) is 19.5 Å². The lowest BCUT2D eigenvalue weighted by atomic mass is 10.2. The minimum Gasteiger partial charge on any atom is -0.489 e. The summed E-state index contributed by atoms with van der Waals surface area (Å²) >= 11 is 5.85. The first-order chi connectivity index (χ1) is 8.79. The molecule has 102 valence electrons. The van der Waals surface area contributed by atoms with Gasteiger partial charge in [-0.3, -0.25) is 0 Å². The lowest BCUT2D eigenvalue weighted by Gasteiger charge is -2.13. The summed E-state index contributed by atoms with van der Waals surface area (Å²) in [6.07, 6.45) is -0.0654. The molecular formula is C12H13ClN2O3S. The monoisotopic (exact) mass is 300 g/mol. The number of nitrogens with zero attached hydrogens (tertiary/aromatic N) is 1. The van der Waals surface area contributed by atoms with E-state index in [1.54, 1.807) is 6.07 Å². The molecule has 0 bridgehead atoms. The number of halogens is 1. The summed E-state index contributed by atoms with van der Waals surface area (Å²) in [5.41, 5.74) is 0.382.